The lowest BCUT2D eigenvalue weighted by molar-refractivity contribution is -0.186. The lowest BCUT2D eigenvalue weighted by atomic mass is 9.97. The van der Waals surface area contributed by atoms with E-state index in [0.29, 0.717) is 19.4 Å². The van der Waals surface area contributed by atoms with E-state index in [-0.39, 0.29) is 25.6 Å². The molecule has 0 aromatic heterocycles. The van der Waals surface area contributed by atoms with Gasteiger partial charge in [-0.1, -0.05) is 6.92 Å². The first kappa shape index (κ1) is 15.7. The maximum atomic E-state index is 12.7. The average molecular weight is 268 g/mol. The molecule has 0 aliphatic carbocycles. The van der Waals surface area contributed by atoms with Gasteiger partial charge in [-0.05, 0) is 32.4 Å². The first-order valence-corrected chi connectivity index (χ1v) is 6.60. The van der Waals surface area contributed by atoms with E-state index in [9.17, 15) is 13.2 Å². The number of hydrogen-bond donors (Lipinski definition) is 2. The number of piperidine rings is 1. The molecule has 3 nitrogen and oxygen atoms in total. The van der Waals surface area contributed by atoms with E-state index in [1.165, 1.54) is 0 Å². The van der Waals surface area contributed by atoms with Crippen molar-refractivity contribution in [2.45, 2.75) is 38.4 Å². The maximum Gasteiger partial charge on any atom is 0.393 e. The Bertz CT molecular complexity index is 230. The zero-order valence-electron chi connectivity index (χ0n) is 10.8. The highest BCUT2D eigenvalue weighted by Crippen LogP contribution is 2.33. The SMILES string of the molecule is CCNC(CCO)CN1CCCC(C(F)(F)F)C1. The molecule has 0 aromatic rings. The summed E-state index contributed by atoms with van der Waals surface area (Å²) in [5.74, 6) is -1.19. The smallest absolute Gasteiger partial charge is 0.393 e. The molecule has 1 aliphatic heterocycles. The number of aliphatic hydroxyl groups excluding tert-OH is 1. The Morgan fingerprint density at radius 1 is 1.44 bits per heavy atom. The highest BCUT2D eigenvalue weighted by Gasteiger charge is 2.41. The molecule has 108 valence electrons. The van der Waals surface area contributed by atoms with Crippen LogP contribution in [0.25, 0.3) is 0 Å². The molecule has 18 heavy (non-hydrogen) atoms. The van der Waals surface area contributed by atoms with Gasteiger partial charge in [0.25, 0.3) is 0 Å². The van der Waals surface area contributed by atoms with Crippen LogP contribution in [-0.2, 0) is 0 Å². The fourth-order valence-electron chi connectivity index (χ4n) is 2.50. The second kappa shape index (κ2) is 7.31. The van der Waals surface area contributed by atoms with Crippen molar-refractivity contribution in [2.75, 3.05) is 32.8 Å². The third-order valence-corrected chi connectivity index (χ3v) is 3.42. The van der Waals surface area contributed by atoms with Crippen LogP contribution in [0, 0.1) is 5.92 Å². The summed E-state index contributed by atoms with van der Waals surface area (Å²) in [6.07, 6.45) is -2.65. The van der Waals surface area contributed by atoms with Gasteiger partial charge in [0, 0.05) is 25.7 Å². The Morgan fingerprint density at radius 2 is 2.17 bits per heavy atom. The maximum absolute atomic E-state index is 12.7. The number of nitrogens with one attached hydrogen (secondary N) is 1. The van der Waals surface area contributed by atoms with Gasteiger partial charge in [0.2, 0.25) is 0 Å². The summed E-state index contributed by atoms with van der Waals surface area (Å²) in [6, 6.07) is 0.0759. The van der Waals surface area contributed by atoms with E-state index in [1.807, 2.05) is 11.8 Å². The van der Waals surface area contributed by atoms with Crippen molar-refractivity contribution in [3.8, 4) is 0 Å². The average Bonchev–Trinajstić information content (AvgIpc) is 2.29. The van der Waals surface area contributed by atoms with Gasteiger partial charge in [-0.25, -0.2) is 0 Å². The second-order valence-electron chi connectivity index (χ2n) is 4.91. The van der Waals surface area contributed by atoms with Crippen molar-refractivity contribution >= 4 is 0 Å². The molecule has 0 spiro atoms. The molecule has 0 radical (unpaired) electrons. The second-order valence-corrected chi connectivity index (χ2v) is 4.91. The van der Waals surface area contributed by atoms with E-state index >= 15 is 0 Å². The number of aliphatic hydroxyl groups is 1. The first-order valence-electron chi connectivity index (χ1n) is 6.60. The molecule has 2 atom stereocenters. The van der Waals surface area contributed by atoms with Gasteiger partial charge >= 0.3 is 6.18 Å². The highest BCUT2D eigenvalue weighted by atomic mass is 19.4. The van der Waals surface area contributed by atoms with E-state index in [2.05, 4.69) is 5.32 Å². The van der Waals surface area contributed by atoms with Crippen LogP contribution < -0.4 is 5.32 Å². The van der Waals surface area contributed by atoms with Crippen molar-refractivity contribution in [2.24, 2.45) is 5.92 Å². The molecule has 2 N–H and O–H groups in total. The molecular formula is C12H23F3N2O. The topological polar surface area (TPSA) is 35.5 Å². The van der Waals surface area contributed by atoms with Gasteiger partial charge in [0.15, 0.2) is 0 Å². The molecule has 2 unspecified atom stereocenters. The normalized spacial score (nSPS) is 24.2. The van der Waals surface area contributed by atoms with Crippen molar-refractivity contribution in [3.05, 3.63) is 0 Å². The van der Waals surface area contributed by atoms with Crippen LogP contribution in [0.1, 0.15) is 26.2 Å². The Hall–Kier alpha value is -0.330. The number of halogens is 3. The minimum atomic E-state index is -4.08. The molecule has 0 aromatic carbocycles. The number of alkyl halides is 3. The van der Waals surface area contributed by atoms with E-state index in [4.69, 9.17) is 5.11 Å². The Kier molecular flexibility index (Phi) is 6.38. The minimum absolute atomic E-state index is 0.0637. The monoisotopic (exact) mass is 268 g/mol. The van der Waals surface area contributed by atoms with Crippen LogP contribution in [-0.4, -0.2) is 55.0 Å². The number of hydrogen-bond acceptors (Lipinski definition) is 3. The van der Waals surface area contributed by atoms with Gasteiger partial charge in [0.1, 0.15) is 0 Å². The van der Waals surface area contributed by atoms with Gasteiger partial charge in [0.05, 0.1) is 5.92 Å². The zero-order chi connectivity index (χ0) is 13.6. The molecule has 0 amide bonds. The van der Waals surface area contributed by atoms with Crippen LogP contribution in [0.3, 0.4) is 0 Å². The Labute approximate surface area is 106 Å². The van der Waals surface area contributed by atoms with Crippen molar-refractivity contribution < 1.29 is 18.3 Å². The van der Waals surface area contributed by atoms with Gasteiger partial charge in [-0.3, -0.25) is 0 Å². The molecular weight excluding hydrogens is 245 g/mol. The lowest BCUT2D eigenvalue weighted by Crippen LogP contribution is -2.48. The van der Waals surface area contributed by atoms with Crippen LogP contribution in [0.2, 0.25) is 0 Å². The third-order valence-electron chi connectivity index (χ3n) is 3.42. The lowest BCUT2D eigenvalue weighted by Gasteiger charge is -2.35. The molecule has 6 heteroatoms. The van der Waals surface area contributed by atoms with Crippen LogP contribution >= 0.6 is 0 Å². The summed E-state index contributed by atoms with van der Waals surface area (Å²) in [5, 5.41) is 12.1. The number of rotatable bonds is 6. The fraction of sp³-hybridized carbons (Fsp3) is 1.00. The van der Waals surface area contributed by atoms with Crippen molar-refractivity contribution in [3.63, 3.8) is 0 Å². The molecule has 1 fully saturated rings. The molecule has 1 aliphatic rings. The first-order chi connectivity index (χ1) is 8.47. The van der Waals surface area contributed by atoms with Gasteiger partial charge in [-0.2, -0.15) is 13.2 Å². The third kappa shape index (κ3) is 5.12. The van der Waals surface area contributed by atoms with E-state index in [0.717, 1.165) is 13.1 Å². The zero-order valence-corrected chi connectivity index (χ0v) is 10.8. The number of nitrogens with zero attached hydrogens (tertiary/aromatic N) is 1. The quantitative estimate of drug-likeness (QED) is 0.768. The minimum Gasteiger partial charge on any atom is -0.396 e. The molecule has 1 rings (SSSR count). The predicted molar refractivity (Wildman–Crippen MR) is 64.4 cm³/mol. The summed E-state index contributed by atoms with van der Waals surface area (Å²) >= 11 is 0. The van der Waals surface area contributed by atoms with Crippen LogP contribution in [0.15, 0.2) is 0 Å². The predicted octanol–water partition coefficient (Wildman–Crippen LogP) is 1.62. The van der Waals surface area contributed by atoms with Crippen LogP contribution in [0.5, 0.6) is 0 Å². The summed E-state index contributed by atoms with van der Waals surface area (Å²) < 4.78 is 38.0. The van der Waals surface area contributed by atoms with Crippen molar-refractivity contribution in [1.82, 2.24) is 10.2 Å². The molecule has 0 bridgehead atoms. The largest absolute Gasteiger partial charge is 0.396 e. The van der Waals surface area contributed by atoms with E-state index in [1.54, 1.807) is 0 Å². The highest BCUT2D eigenvalue weighted by molar-refractivity contribution is 4.81. The number of likely N-dealkylation sites (N-methyl/N-ethyl adjacent to an activating group) is 1. The van der Waals surface area contributed by atoms with Gasteiger partial charge in [-0.15, -0.1) is 0 Å². The molecule has 1 heterocycles. The van der Waals surface area contributed by atoms with Gasteiger partial charge < -0.3 is 15.3 Å². The van der Waals surface area contributed by atoms with Crippen LogP contribution in [0.4, 0.5) is 13.2 Å². The van der Waals surface area contributed by atoms with Crippen molar-refractivity contribution in [1.29, 1.82) is 0 Å². The summed E-state index contributed by atoms with van der Waals surface area (Å²) in [7, 11) is 0. The number of likely N-dealkylation sites (tertiary alicyclic amines) is 1. The molecule has 0 saturated carbocycles. The molecule has 1 saturated heterocycles. The fourth-order valence-corrected chi connectivity index (χ4v) is 2.50. The Morgan fingerprint density at radius 3 is 2.72 bits per heavy atom. The summed E-state index contributed by atoms with van der Waals surface area (Å²) in [5.41, 5.74) is 0. The van der Waals surface area contributed by atoms with E-state index < -0.39 is 12.1 Å². The standard InChI is InChI=1S/C12H23F3N2O/c1-2-16-11(5-7-18)9-17-6-3-4-10(8-17)12(13,14)15/h10-11,16,18H,2-9H2,1H3. The Balaban J connectivity index is 2.45. The summed E-state index contributed by atoms with van der Waals surface area (Å²) in [6.45, 7) is 4.19. The summed E-state index contributed by atoms with van der Waals surface area (Å²) in [4.78, 5) is 1.87.